The van der Waals surface area contributed by atoms with Gasteiger partial charge in [-0.05, 0) is 36.8 Å². The molecular weight excluding hydrogens is 494 g/mol. The molecule has 2 aliphatic rings. The summed E-state index contributed by atoms with van der Waals surface area (Å²) in [4.78, 5) is 56.8. The topological polar surface area (TPSA) is 108 Å². The molecule has 2 aromatic carbocycles. The molecule has 1 saturated heterocycles. The summed E-state index contributed by atoms with van der Waals surface area (Å²) >= 11 is 0. The second-order valence-electron chi connectivity index (χ2n) is 10.2. The number of terminal acetylenes is 1. The van der Waals surface area contributed by atoms with Crippen molar-refractivity contribution < 1.29 is 23.9 Å². The third-order valence-electron chi connectivity index (χ3n) is 8.35. The molecule has 1 saturated carbocycles. The zero-order chi connectivity index (χ0) is 28.4. The van der Waals surface area contributed by atoms with E-state index in [4.69, 9.17) is 11.2 Å². The SMILES string of the molecule is C#CCC(C#N)(C(=O)OCC)C1C[C@H](c2ccccc2)C2(C(=O)N(C)C(=O)N(C)C2=O)[C@H](c2ccccc2)C1. The van der Waals surface area contributed by atoms with Gasteiger partial charge in [-0.1, -0.05) is 60.7 Å². The minimum Gasteiger partial charge on any atom is -0.465 e. The Hall–Kier alpha value is -4.43. The maximum atomic E-state index is 14.3. The van der Waals surface area contributed by atoms with Crippen molar-refractivity contribution in [3.63, 3.8) is 0 Å². The van der Waals surface area contributed by atoms with E-state index in [1.54, 1.807) is 6.92 Å². The number of imide groups is 2. The fourth-order valence-corrected chi connectivity index (χ4v) is 6.47. The normalized spacial score (nSPS) is 24.0. The molecular formula is C31H31N3O5. The van der Waals surface area contributed by atoms with Gasteiger partial charge < -0.3 is 4.74 Å². The van der Waals surface area contributed by atoms with Gasteiger partial charge in [0.15, 0.2) is 5.41 Å². The lowest BCUT2D eigenvalue weighted by Gasteiger charge is -2.55. The first-order valence-electron chi connectivity index (χ1n) is 12.9. The zero-order valence-corrected chi connectivity index (χ0v) is 22.3. The van der Waals surface area contributed by atoms with E-state index in [2.05, 4.69) is 12.0 Å². The van der Waals surface area contributed by atoms with Crippen molar-refractivity contribution in [1.82, 2.24) is 9.80 Å². The Balaban J connectivity index is 2.04. The number of nitrogens with zero attached hydrogens (tertiary/aromatic N) is 3. The molecule has 1 spiro atoms. The van der Waals surface area contributed by atoms with Crippen molar-refractivity contribution in [2.24, 2.45) is 16.7 Å². The highest BCUT2D eigenvalue weighted by Gasteiger charge is 2.68. The Morgan fingerprint density at radius 3 is 1.82 bits per heavy atom. The summed E-state index contributed by atoms with van der Waals surface area (Å²) in [6, 6.07) is 19.7. The van der Waals surface area contributed by atoms with Gasteiger partial charge in [0.05, 0.1) is 12.7 Å². The van der Waals surface area contributed by atoms with Gasteiger partial charge in [0, 0.05) is 32.4 Å². The Morgan fingerprint density at radius 1 is 0.974 bits per heavy atom. The smallest absolute Gasteiger partial charge is 0.332 e. The molecule has 39 heavy (non-hydrogen) atoms. The van der Waals surface area contributed by atoms with Crippen LogP contribution >= 0.6 is 0 Å². The third kappa shape index (κ3) is 4.17. The monoisotopic (exact) mass is 525 g/mol. The quantitative estimate of drug-likeness (QED) is 0.319. The van der Waals surface area contributed by atoms with Crippen molar-refractivity contribution in [2.75, 3.05) is 20.7 Å². The average molecular weight is 526 g/mol. The fraction of sp³-hybridized carbons (Fsp3) is 0.387. The third-order valence-corrected chi connectivity index (χ3v) is 8.35. The minimum absolute atomic E-state index is 0.0718. The number of amides is 4. The molecule has 4 atom stereocenters. The molecule has 4 amide bonds. The van der Waals surface area contributed by atoms with Crippen molar-refractivity contribution in [2.45, 2.75) is 38.0 Å². The predicted octanol–water partition coefficient (Wildman–Crippen LogP) is 4.10. The molecule has 1 aliphatic heterocycles. The lowest BCUT2D eigenvalue weighted by atomic mass is 9.49. The highest BCUT2D eigenvalue weighted by Crippen LogP contribution is 2.62. The number of hydrogen-bond donors (Lipinski definition) is 0. The van der Waals surface area contributed by atoms with Crippen LogP contribution in [0.5, 0.6) is 0 Å². The van der Waals surface area contributed by atoms with E-state index in [1.807, 2.05) is 60.7 Å². The molecule has 0 N–H and O–H groups in total. The number of benzene rings is 2. The number of carbonyl (C=O) groups is 4. The zero-order valence-electron chi connectivity index (χ0n) is 22.3. The lowest BCUT2D eigenvalue weighted by Crippen LogP contribution is -2.68. The highest BCUT2D eigenvalue weighted by molar-refractivity contribution is 6.20. The summed E-state index contributed by atoms with van der Waals surface area (Å²) in [5.74, 6) is -1.60. The average Bonchev–Trinajstić information content (AvgIpc) is 2.97. The molecule has 200 valence electrons. The number of barbiturate groups is 1. The van der Waals surface area contributed by atoms with Crippen LogP contribution < -0.4 is 0 Å². The summed E-state index contributed by atoms with van der Waals surface area (Å²) in [5.41, 5.74) is -1.99. The van der Waals surface area contributed by atoms with Crippen molar-refractivity contribution in [3.8, 4) is 18.4 Å². The molecule has 0 bridgehead atoms. The number of hydrogen-bond acceptors (Lipinski definition) is 6. The van der Waals surface area contributed by atoms with Gasteiger partial charge in [0.2, 0.25) is 11.8 Å². The van der Waals surface area contributed by atoms with Crippen LogP contribution in [0.1, 0.15) is 49.1 Å². The number of carbonyl (C=O) groups excluding carboxylic acids is 4. The van der Waals surface area contributed by atoms with Gasteiger partial charge in [-0.15, -0.1) is 12.3 Å². The number of esters is 1. The van der Waals surface area contributed by atoms with E-state index in [9.17, 15) is 24.4 Å². The van der Waals surface area contributed by atoms with Crippen LogP contribution in [0.4, 0.5) is 4.79 Å². The number of rotatable bonds is 6. The standard InChI is InChI=1S/C31H31N3O5/c1-5-17-30(20-32,28(37)39-6-2)23-18-24(21-13-9-7-10-14-21)31(25(19-23)22-15-11-8-12-16-22)26(35)33(3)29(38)34(4)27(31)36/h1,7-16,23-25H,6,17-19H2,2-4H3/t23?,24-,25+,30?. The Labute approximate surface area is 228 Å². The molecule has 2 aromatic rings. The van der Waals surface area contributed by atoms with E-state index in [1.165, 1.54) is 14.1 Å². The second-order valence-corrected chi connectivity index (χ2v) is 10.2. The summed E-state index contributed by atoms with van der Waals surface area (Å²) in [6.07, 6.45) is 5.78. The Bertz CT molecular complexity index is 1280. The van der Waals surface area contributed by atoms with Crippen molar-refractivity contribution in [1.29, 1.82) is 5.26 Å². The molecule has 0 aromatic heterocycles. The van der Waals surface area contributed by atoms with E-state index in [0.717, 1.165) is 9.80 Å². The van der Waals surface area contributed by atoms with Gasteiger partial charge in [-0.25, -0.2) is 4.79 Å². The van der Waals surface area contributed by atoms with Crippen LogP contribution in [-0.4, -0.2) is 54.3 Å². The largest absolute Gasteiger partial charge is 0.465 e. The molecule has 8 nitrogen and oxygen atoms in total. The van der Waals surface area contributed by atoms with Crippen LogP contribution in [0.15, 0.2) is 60.7 Å². The van der Waals surface area contributed by atoms with Crippen LogP contribution in [0, 0.1) is 40.4 Å². The number of urea groups is 1. The summed E-state index contributed by atoms with van der Waals surface area (Å²) in [5, 5.41) is 10.5. The molecule has 1 aliphatic carbocycles. The second kappa shape index (κ2) is 10.7. The Morgan fingerprint density at radius 2 is 1.44 bits per heavy atom. The van der Waals surface area contributed by atoms with Crippen LogP contribution in [0.2, 0.25) is 0 Å². The fourth-order valence-electron chi connectivity index (χ4n) is 6.47. The first-order valence-corrected chi connectivity index (χ1v) is 12.9. The molecule has 2 fully saturated rings. The van der Waals surface area contributed by atoms with Crippen molar-refractivity contribution in [3.05, 3.63) is 71.8 Å². The molecule has 0 radical (unpaired) electrons. The number of ether oxygens (including phenoxy) is 1. The summed E-state index contributed by atoms with van der Waals surface area (Å²) in [6.45, 7) is 1.73. The van der Waals surface area contributed by atoms with Crippen LogP contribution in [0.25, 0.3) is 0 Å². The number of nitriles is 1. The molecule has 8 heteroatoms. The lowest BCUT2D eigenvalue weighted by molar-refractivity contribution is -0.167. The first kappa shape index (κ1) is 27.6. The van der Waals surface area contributed by atoms with Gasteiger partial charge in [-0.2, -0.15) is 5.26 Å². The van der Waals surface area contributed by atoms with Gasteiger partial charge >= 0.3 is 12.0 Å². The summed E-state index contributed by atoms with van der Waals surface area (Å²) < 4.78 is 5.36. The van der Waals surface area contributed by atoms with Gasteiger partial charge in [-0.3, -0.25) is 24.2 Å². The van der Waals surface area contributed by atoms with Crippen LogP contribution in [-0.2, 0) is 19.1 Å². The molecule has 1 heterocycles. The van der Waals surface area contributed by atoms with Crippen LogP contribution in [0.3, 0.4) is 0 Å². The highest BCUT2D eigenvalue weighted by atomic mass is 16.5. The maximum Gasteiger partial charge on any atom is 0.332 e. The van der Waals surface area contributed by atoms with Gasteiger partial charge in [0.1, 0.15) is 5.41 Å². The summed E-state index contributed by atoms with van der Waals surface area (Å²) in [7, 11) is 2.75. The molecule has 4 rings (SSSR count). The minimum atomic E-state index is -1.69. The molecule has 2 unspecified atom stereocenters. The maximum absolute atomic E-state index is 14.3. The van der Waals surface area contributed by atoms with E-state index in [0.29, 0.717) is 11.1 Å². The van der Waals surface area contributed by atoms with E-state index < -0.39 is 52.4 Å². The van der Waals surface area contributed by atoms with Gasteiger partial charge in [0.25, 0.3) is 0 Å². The first-order chi connectivity index (χ1) is 18.7. The van der Waals surface area contributed by atoms with E-state index in [-0.39, 0.29) is 25.9 Å². The van der Waals surface area contributed by atoms with Crippen molar-refractivity contribution >= 4 is 23.8 Å². The van der Waals surface area contributed by atoms with E-state index >= 15 is 0 Å². The predicted molar refractivity (Wildman–Crippen MR) is 143 cm³/mol. The Kier molecular flexibility index (Phi) is 7.60.